The number of rotatable bonds is 5. The van der Waals surface area contributed by atoms with Crippen molar-refractivity contribution in [3.8, 4) is 5.75 Å². The number of methoxy groups -OCH3 is 1. The van der Waals surface area contributed by atoms with E-state index in [4.69, 9.17) is 4.74 Å². The topological polar surface area (TPSA) is 34.1 Å². The number of aromatic nitrogens is 1. The van der Waals surface area contributed by atoms with Crippen LogP contribution in [-0.2, 0) is 0 Å². The summed E-state index contributed by atoms with van der Waals surface area (Å²) in [7, 11) is 1.53. The molecule has 0 aliphatic rings. The minimum atomic E-state index is -0.266. The number of aryl methyl sites for hydroxylation is 1. The number of benzene rings is 1. The first-order valence-electron chi connectivity index (χ1n) is 6.14. The zero-order valence-corrected chi connectivity index (χ0v) is 12.1. The summed E-state index contributed by atoms with van der Waals surface area (Å²) in [5.74, 6) is 0.260. The van der Waals surface area contributed by atoms with Crippen LogP contribution >= 0.6 is 11.3 Å². The highest BCUT2D eigenvalue weighted by Crippen LogP contribution is 2.31. The molecule has 1 heterocycles. The van der Waals surface area contributed by atoms with Crippen LogP contribution < -0.4 is 10.1 Å². The normalized spacial score (nSPS) is 12.4. The zero-order valence-electron chi connectivity index (χ0n) is 11.2. The van der Waals surface area contributed by atoms with Gasteiger partial charge >= 0.3 is 0 Å². The molecule has 0 bridgehead atoms. The van der Waals surface area contributed by atoms with Gasteiger partial charge in [0, 0.05) is 16.5 Å². The molecule has 1 unspecified atom stereocenters. The van der Waals surface area contributed by atoms with Crippen molar-refractivity contribution in [1.29, 1.82) is 0 Å². The van der Waals surface area contributed by atoms with Gasteiger partial charge in [0.25, 0.3) is 0 Å². The number of nitrogens with one attached hydrogen (secondary N) is 1. The summed E-state index contributed by atoms with van der Waals surface area (Å²) in [6.07, 6.45) is 0. The summed E-state index contributed by atoms with van der Waals surface area (Å²) in [4.78, 5) is 5.29. The lowest BCUT2D eigenvalue weighted by Crippen LogP contribution is -2.22. The van der Waals surface area contributed by atoms with E-state index in [2.05, 4.69) is 10.3 Å². The van der Waals surface area contributed by atoms with E-state index in [1.54, 1.807) is 17.6 Å². The first-order valence-corrected chi connectivity index (χ1v) is 7.02. The molecule has 0 fully saturated rings. The Morgan fingerprint density at radius 1 is 1.47 bits per heavy atom. The van der Waals surface area contributed by atoms with Crippen molar-refractivity contribution in [1.82, 2.24) is 10.3 Å². The number of hydrogen-bond donors (Lipinski definition) is 1. The zero-order chi connectivity index (χ0) is 13.8. The van der Waals surface area contributed by atoms with Gasteiger partial charge in [0.2, 0.25) is 0 Å². The maximum Gasteiger partial charge on any atom is 0.132 e. The van der Waals surface area contributed by atoms with E-state index in [9.17, 15) is 4.39 Å². The molecule has 3 nitrogen and oxygen atoms in total. The van der Waals surface area contributed by atoms with E-state index in [1.165, 1.54) is 24.5 Å². The second kappa shape index (κ2) is 6.12. The first-order chi connectivity index (χ1) is 9.17. The second-order valence-corrected chi connectivity index (χ2v) is 5.07. The predicted molar refractivity (Wildman–Crippen MR) is 75.3 cm³/mol. The van der Waals surface area contributed by atoms with Crippen molar-refractivity contribution < 1.29 is 9.13 Å². The highest BCUT2D eigenvalue weighted by Gasteiger charge is 2.20. The predicted octanol–water partition coefficient (Wildman–Crippen LogP) is 3.30. The van der Waals surface area contributed by atoms with Gasteiger partial charge in [-0.3, -0.25) is 0 Å². The van der Waals surface area contributed by atoms with Crippen LogP contribution in [0.1, 0.15) is 29.1 Å². The van der Waals surface area contributed by atoms with E-state index in [-0.39, 0.29) is 11.9 Å². The fourth-order valence-electron chi connectivity index (χ4n) is 2.00. The lowest BCUT2D eigenvalue weighted by atomic mass is 10.0. The minimum absolute atomic E-state index is 0.164. The van der Waals surface area contributed by atoms with Gasteiger partial charge in [-0.25, -0.2) is 9.37 Å². The summed E-state index contributed by atoms with van der Waals surface area (Å²) in [6, 6.07) is 4.79. The summed E-state index contributed by atoms with van der Waals surface area (Å²) < 4.78 is 19.2. The molecular weight excluding hydrogens is 263 g/mol. The van der Waals surface area contributed by atoms with Crippen molar-refractivity contribution >= 4 is 11.3 Å². The summed E-state index contributed by atoms with van der Waals surface area (Å²) >= 11 is 1.54. The maximum absolute atomic E-state index is 14.2. The third kappa shape index (κ3) is 2.93. The highest BCUT2D eigenvalue weighted by molar-refractivity contribution is 7.09. The third-order valence-electron chi connectivity index (χ3n) is 2.97. The van der Waals surface area contributed by atoms with E-state index >= 15 is 0 Å². The molecule has 1 aromatic heterocycles. The van der Waals surface area contributed by atoms with Gasteiger partial charge in [0.15, 0.2) is 0 Å². The molecule has 0 saturated heterocycles. The molecule has 1 N–H and O–H groups in total. The van der Waals surface area contributed by atoms with Gasteiger partial charge in [-0.2, -0.15) is 0 Å². The molecule has 0 aliphatic heterocycles. The number of thiazole rings is 1. The molecule has 102 valence electrons. The first kappa shape index (κ1) is 14.0. The van der Waals surface area contributed by atoms with Crippen molar-refractivity contribution in [2.75, 3.05) is 13.7 Å². The van der Waals surface area contributed by atoms with E-state index < -0.39 is 0 Å². The number of hydrogen-bond acceptors (Lipinski definition) is 4. The molecule has 2 aromatic rings. The molecular formula is C14H17FN2OS. The minimum Gasteiger partial charge on any atom is -0.497 e. The van der Waals surface area contributed by atoms with Crippen molar-refractivity contribution in [3.05, 3.63) is 45.7 Å². The highest BCUT2D eigenvalue weighted by atomic mass is 32.1. The molecule has 1 atom stereocenters. The monoisotopic (exact) mass is 280 g/mol. The Morgan fingerprint density at radius 3 is 2.79 bits per heavy atom. The Morgan fingerprint density at radius 2 is 2.26 bits per heavy atom. The smallest absolute Gasteiger partial charge is 0.132 e. The average molecular weight is 280 g/mol. The Kier molecular flexibility index (Phi) is 4.50. The van der Waals surface area contributed by atoms with Gasteiger partial charge in [-0.1, -0.05) is 13.0 Å². The standard InChI is InChI=1S/C14H17FN2OS/c1-4-16-13(14-9(2)17-8-19-14)11-6-5-10(18-3)7-12(11)15/h5-8,13,16H,4H2,1-3H3. The number of ether oxygens (including phenoxy) is 1. The summed E-state index contributed by atoms with van der Waals surface area (Å²) in [5.41, 5.74) is 3.34. The van der Waals surface area contributed by atoms with Crippen molar-refractivity contribution in [2.24, 2.45) is 0 Å². The number of halogens is 1. The van der Waals surface area contributed by atoms with Gasteiger partial charge < -0.3 is 10.1 Å². The molecule has 0 aliphatic carbocycles. The van der Waals surface area contributed by atoms with E-state index in [1.807, 2.05) is 13.8 Å². The average Bonchev–Trinajstić information content (AvgIpc) is 2.82. The largest absolute Gasteiger partial charge is 0.497 e. The molecule has 19 heavy (non-hydrogen) atoms. The Balaban J connectivity index is 2.42. The van der Waals surface area contributed by atoms with E-state index in [0.29, 0.717) is 11.3 Å². The summed E-state index contributed by atoms with van der Waals surface area (Å²) in [6.45, 7) is 4.70. The van der Waals surface area contributed by atoms with Crippen LogP contribution in [-0.4, -0.2) is 18.6 Å². The van der Waals surface area contributed by atoms with Crippen LogP contribution in [0.4, 0.5) is 4.39 Å². The number of nitrogens with zero attached hydrogens (tertiary/aromatic N) is 1. The van der Waals surface area contributed by atoms with Gasteiger partial charge in [0.05, 0.1) is 24.4 Å². The second-order valence-electron chi connectivity index (χ2n) is 4.18. The molecule has 0 radical (unpaired) electrons. The van der Waals surface area contributed by atoms with Crippen LogP contribution in [0.3, 0.4) is 0 Å². The SMILES string of the molecule is CCNC(c1ccc(OC)cc1F)c1scnc1C. The van der Waals surface area contributed by atoms with Crippen LogP contribution in [0, 0.1) is 12.7 Å². The van der Waals surface area contributed by atoms with Crippen LogP contribution in [0.15, 0.2) is 23.7 Å². The van der Waals surface area contributed by atoms with Gasteiger partial charge in [0.1, 0.15) is 11.6 Å². The lowest BCUT2D eigenvalue weighted by molar-refractivity contribution is 0.410. The molecule has 0 spiro atoms. The Hall–Kier alpha value is -1.46. The molecule has 2 rings (SSSR count). The van der Waals surface area contributed by atoms with Gasteiger partial charge in [-0.05, 0) is 19.5 Å². The van der Waals surface area contributed by atoms with E-state index in [0.717, 1.165) is 17.1 Å². The van der Waals surface area contributed by atoms with Crippen LogP contribution in [0.2, 0.25) is 0 Å². The fourth-order valence-corrected chi connectivity index (χ4v) is 2.90. The fraction of sp³-hybridized carbons (Fsp3) is 0.357. The van der Waals surface area contributed by atoms with Gasteiger partial charge in [-0.15, -0.1) is 11.3 Å². The lowest BCUT2D eigenvalue weighted by Gasteiger charge is -2.18. The summed E-state index contributed by atoms with van der Waals surface area (Å²) in [5, 5.41) is 3.31. The van der Waals surface area contributed by atoms with Crippen LogP contribution in [0.25, 0.3) is 0 Å². The molecule has 0 saturated carbocycles. The third-order valence-corrected chi connectivity index (χ3v) is 3.97. The van der Waals surface area contributed by atoms with Crippen molar-refractivity contribution in [2.45, 2.75) is 19.9 Å². The van der Waals surface area contributed by atoms with Crippen LogP contribution in [0.5, 0.6) is 5.75 Å². The molecule has 0 amide bonds. The Bertz CT molecular complexity index is 556. The molecule has 5 heteroatoms. The molecule has 1 aromatic carbocycles. The maximum atomic E-state index is 14.2. The van der Waals surface area contributed by atoms with Crippen molar-refractivity contribution in [3.63, 3.8) is 0 Å². The Labute approximate surface area is 116 Å². The quantitative estimate of drug-likeness (QED) is 0.912.